The number of amides is 1. The minimum atomic E-state index is 0.0276. The van der Waals surface area contributed by atoms with E-state index in [0.717, 1.165) is 23.4 Å². The molecule has 0 saturated heterocycles. The van der Waals surface area contributed by atoms with Crippen molar-refractivity contribution in [1.82, 2.24) is 10.6 Å². The second-order valence-electron chi connectivity index (χ2n) is 4.88. The van der Waals surface area contributed by atoms with Gasteiger partial charge in [0.15, 0.2) is 0 Å². The summed E-state index contributed by atoms with van der Waals surface area (Å²) in [5.74, 6) is 0.0276. The van der Waals surface area contributed by atoms with Crippen LogP contribution in [0.1, 0.15) is 45.2 Å². The molecule has 0 aliphatic heterocycles. The minimum absolute atomic E-state index is 0.0276. The molecule has 3 nitrogen and oxygen atoms in total. The standard InChI is InChI=1S/C15H23ClN2O/c1-4-7-11(2)18-15(19)10-17-12(3)13-8-5-6-9-14(13)16/h5-6,8-9,11-12,17H,4,7,10H2,1-3H3,(H,18,19). The zero-order chi connectivity index (χ0) is 14.3. The van der Waals surface area contributed by atoms with Crippen molar-refractivity contribution in [3.63, 3.8) is 0 Å². The number of hydrogen-bond acceptors (Lipinski definition) is 2. The first-order chi connectivity index (χ1) is 9.04. The average Bonchev–Trinajstić information content (AvgIpc) is 2.36. The molecule has 1 aromatic carbocycles. The van der Waals surface area contributed by atoms with E-state index < -0.39 is 0 Å². The van der Waals surface area contributed by atoms with Crippen LogP contribution in [0.3, 0.4) is 0 Å². The molecule has 0 spiro atoms. The van der Waals surface area contributed by atoms with Gasteiger partial charge in [-0.3, -0.25) is 4.79 Å². The largest absolute Gasteiger partial charge is 0.353 e. The van der Waals surface area contributed by atoms with Gasteiger partial charge in [-0.05, 0) is 31.9 Å². The fourth-order valence-corrected chi connectivity index (χ4v) is 2.31. The molecule has 0 heterocycles. The highest BCUT2D eigenvalue weighted by Gasteiger charge is 2.11. The van der Waals surface area contributed by atoms with Crippen molar-refractivity contribution < 1.29 is 4.79 Å². The normalized spacial score (nSPS) is 13.9. The molecule has 19 heavy (non-hydrogen) atoms. The van der Waals surface area contributed by atoms with Crippen LogP contribution in [-0.4, -0.2) is 18.5 Å². The number of carbonyl (C=O) groups is 1. The second kappa shape index (κ2) is 8.18. The number of rotatable bonds is 7. The SMILES string of the molecule is CCCC(C)NC(=O)CNC(C)c1ccccc1Cl. The molecule has 2 atom stereocenters. The Hall–Kier alpha value is -1.06. The van der Waals surface area contributed by atoms with Crippen LogP contribution in [0, 0.1) is 0 Å². The molecule has 106 valence electrons. The van der Waals surface area contributed by atoms with E-state index >= 15 is 0 Å². The van der Waals surface area contributed by atoms with E-state index in [2.05, 4.69) is 17.6 Å². The molecule has 1 rings (SSSR count). The monoisotopic (exact) mass is 282 g/mol. The van der Waals surface area contributed by atoms with E-state index in [4.69, 9.17) is 11.6 Å². The lowest BCUT2D eigenvalue weighted by molar-refractivity contribution is -0.121. The Morgan fingerprint density at radius 1 is 1.32 bits per heavy atom. The molecule has 0 fully saturated rings. The molecule has 0 aromatic heterocycles. The van der Waals surface area contributed by atoms with Crippen LogP contribution < -0.4 is 10.6 Å². The van der Waals surface area contributed by atoms with Gasteiger partial charge in [-0.2, -0.15) is 0 Å². The van der Waals surface area contributed by atoms with Gasteiger partial charge in [0.2, 0.25) is 5.91 Å². The molecular formula is C15H23ClN2O. The molecule has 4 heteroatoms. The van der Waals surface area contributed by atoms with Crippen molar-refractivity contribution >= 4 is 17.5 Å². The van der Waals surface area contributed by atoms with E-state index in [9.17, 15) is 4.79 Å². The number of hydrogen-bond donors (Lipinski definition) is 2. The van der Waals surface area contributed by atoms with Gasteiger partial charge in [-0.1, -0.05) is 43.1 Å². The highest BCUT2D eigenvalue weighted by molar-refractivity contribution is 6.31. The summed E-state index contributed by atoms with van der Waals surface area (Å²) in [6.45, 7) is 6.45. The number of nitrogens with one attached hydrogen (secondary N) is 2. The zero-order valence-electron chi connectivity index (χ0n) is 11.9. The van der Waals surface area contributed by atoms with E-state index in [1.807, 2.05) is 38.1 Å². The topological polar surface area (TPSA) is 41.1 Å². The molecule has 0 saturated carbocycles. The lowest BCUT2D eigenvalue weighted by Crippen LogP contribution is -2.39. The smallest absolute Gasteiger partial charge is 0.234 e. The highest BCUT2D eigenvalue weighted by atomic mass is 35.5. The second-order valence-corrected chi connectivity index (χ2v) is 5.29. The molecule has 0 aliphatic carbocycles. The fourth-order valence-electron chi connectivity index (χ4n) is 2.01. The molecular weight excluding hydrogens is 260 g/mol. The van der Waals surface area contributed by atoms with Gasteiger partial charge >= 0.3 is 0 Å². The van der Waals surface area contributed by atoms with Crippen LogP contribution >= 0.6 is 11.6 Å². The molecule has 2 N–H and O–H groups in total. The molecule has 1 amide bonds. The lowest BCUT2D eigenvalue weighted by Gasteiger charge is -2.17. The number of carbonyl (C=O) groups excluding carboxylic acids is 1. The lowest BCUT2D eigenvalue weighted by atomic mass is 10.1. The fraction of sp³-hybridized carbons (Fsp3) is 0.533. The van der Waals surface area contributed by atoms with Crippen LogP contribution in [0.15, 0.2) is 24.3 Å². The maximum atomic E-state index is 11.7. The van der Waals surface area contributed by atoms with Crippen molar-refractivity contribution in [1.29, 1.82) is 0 Å². The van der Waals surface area contributed by atoms with Crippen LogP contribution in [0.2, 0.25) is 5.02 Å². The van der Waals surface area contributed by atoms with E-state index in [1.165, 1.54) is 0 Å². The summed E-state index contributed by atoms with van der Waals surface area (Å²) in [4.78, 5) is 11.7. The third-order valence-corrected chi connectivity index (χ3v) is 3.41. The number of halogens is 1. The Labute approximate surface area is 120 Å². The van der Waals surface area contributed by atoms with Gasteiger partial charge in [-0.25, -0.2) is 0 Å². The van der Waals surface area contributed by atoms with Crippen LogP contribution in [0.4, 0.5) is 0 Å². The molecule has 0 bridgehead atoms. The maximum absolute atomic E-state index is 11.7. The Morgan fingerprint density at radius 2 is 2.00 bits per heavy atom. The highest BCUT2D eigenvalue weighted by Crippen LogP contribution is 2.21. The van der Waals surface area contributed by atoms with Gasteiger partial charge in [0.05, 0.1) is 6.54 Å². The van der Waals surface area contributed by atoms with E-state index in [1.54, 1.807) is 0 Å². The van der Waals surface area contributed by atoms with Gasteiger partial charge in [-0.15, -0.1) is 0 Å². The summed E-state index contributed by atoms with van der Waals surface area (Å²) in [5, 5.41) is 6.88. The van der Waals surface area contributed by atoms with Crippen LogP contribution in [0.5, 0.6) is 0 Å². The quantitative estimate of drug-likeness (QED) is 0.806. The van der Waals surface area contributed by atoms with Gasteiger partial charge in [0.25, 0.3) is 0 Å². The third kappa shape index (κ3) is 5.62. The molecule has 1 aromatic rings. The first-order valence-electron chi connectivity index (χ1n) is 6.81. The molecule has 0 aliphatic rings. The summed E-state index contributed by atoms with van der Waals surface area (Å²) < 4.78 is 0. The summed E-state index contributed by atoms with van der Waals surface area (Å²) >= 11 is 6.12. The predicted octanol–water partition coefficient (Wildman–Crippen LogP) is 3.30. The Balaban J connectivity index is 2.40. The molecule has 2 unspecified atom stereocenters. The summed E-state index contributed by atoms with van der Waals surface area (Å²) in [7, 11) is 0. The van der Waals surface area contributed by atoms with Crippen molar-refractivity contribution in [2.24, 2.45) is 0 Å². The maximum Gasteiger partial charge on any atom is 0.234 e. The molecule has 0 radical (unpaired) electrons. The van der Waals surface area contributed by atoms with Crippen molar-refractivity contribution in [3.05, 3.63) is 34.9 Å². The van der Waals surface area contributed by atoms with E-state index in [0.29, 0.717) is 6.54 Å². The Morgan fingerprint density at radius 3 is 2.63 bits per heavy atom. The average molecular weight is 283 g/mol. The third-order valence-electron chi connectivity index (χ3n) is 3.07. The Kier molecular flexibility index (Phi) is 6.89. The Bertz CT molecular complexity index is 409. The summed E-state index contributed by atoms with van der Waals surface area (Å²) in [5.41, 5.74) is 1.01. The van der Waals surface area contributed by atoms with Crippen LogP contribution in [-0.2, 0) is 4.79 Å². The predicted molar refractivity (Wildman–Crippen MR) is 80.4 cm³/mol. The van der Waals surface area contributed by atoms with Gasteiger partial charge < -0.3 is 10.6 Å². The summed E-state index contributed by atoms with van der Waals surface area (Å²) in [6.07, 6.45) is 2.08. The van der Waals surface area contributed by atoms with Crippen LogP contribution in [0.25, 0.3) is 0 Å². The first kappa shape index (κ1) is 16.0. The van der Waals surface area contributed by atoms with E-state index in [-0.39, 0.29) is 18.0 Å². The van der Waals surface area contributed by atoms with Gasteiger partial charge in [0.1, 0.15) is 0 Å². The van der Waals surface area contributed by atoms with Crippen molar-refractivity contribution in [2.75, 3.05) is 6.54 Å². The summed E-state index contributed by atoms with van der Waals surface area (Å²) in [6, 6.07) is 7.96. The first-order valence-corrected chi connectivity index (χ1v) is 7.19. The van der Waals surface area contributed by atoms with Crippen molar-refractivity contribution in [2.45, 2.75) is 45.7 Å². The number of benzene rings is 1. The van der Waals surface area contributed by atoms with Gasteiger partial charge in [0, 0.05) is 17.1 Å². The minimum Gasteiger partial charge on any atom is -0.353 e. The van der Waals surface area contributed by atoms with Crippen molar-refractivity contribution in [3.8, 4) is 0 Å². The zero-order valence-corrected chi connectivity index (χ0v) is 12.6.